The Morgan fingerprint density at radius 1 is 1.18 bits per heavy atom. The fraction of sp³-hybridized carbons (Fsp3) is 0.312. The normalized spacial score (nSPS) is 10.4. The third-order valence-corrected chi connectivity index (χ3v) is 3.85. The Balaban J connectivity index is 1.95. The lowest BCUT2D eigenvalue weighted by Gasteiger charge is -2.09. The maximum absolute atomic E-state index is 12.0. The lowest BCUT2D eigenvalue weighted by Crippen LogP contribution is -2.15. The Bertz CT molecular complexity index is 669. The van der Waals surface area contributed by atoms with Crippen LogP contribution < -0.4 is 10.1 Å². The number of aryl methyl sites for hydroxylation is 3. The first-order chi connectivity index (χ1) is 10.5. The van der Waals surface area contributed by atoms with Crippen LogP contribution in [-0.4, -0.2) is 28.7 Å². The molecule has 2 aromatic rings. The van der Waals surface area contributed by atoms with Gasteiger partial charge in [-0.15, -0.1) is 0 Å². The van der Waals surface area contributed by atoms with Gasteiger partial charge in [-0.25, -0.2) is 9.97 Å². The van der Waals surface area contributed by atoms with Gasteiger partial charge in [-0.1, -0.05) is 11.8 Å². The fourth-order valence-corrected chi connectivity index (χ4v) is 2.73. The minimum atomic E-state index is -0.0824. The molecule has 1 aromatic heterocycles. The average Bonchev–Trinajstić information content (AvgIpc) is 2.46. The highest BCUT2D eigenvalue weighted by molar-refractivity contribution is 7.99. The molecule has 1 amide bonds. The van der Waals surface area contributed by atoms with Crippen molar-refractivity contribution in [3.63, 3.8) is 0 Å². The van der Waals surface area contributed by atoms with E-state index in [1.54, 1.807) is 7.11 Å². The molecule has 0 saturated carbocycles. The van der Waals surface area contributed by atoms with E-state index in [2.05, 4.69) is 15.3 Å². The number of hydrogen-bond acceptors (Lipinski definition) is 5. The molecule has 116 valence electrons. The van der Waals surface area contributed by atoms with Crippen LogP contribution in [0, 0.1) is 20.8 Å². The molecule has 1 N–H and O–H groups in total. The van der Waals surface area contributed by atoms with Crippen LogP contribution in [0.2, 0.25) is 0 Å². The minimum absolute atomic E-state index is 0.0824. The molecular weight excluding hydrogens is 298 g/mol. The molecule has 0 spiro atoms. The summed E-state index contributed by atoms with van der Waals surface area (Å²) in [6.45, 7) is 5.76. The molecular formula is C16H19N3O2S. The SMILES string of the molecule is COc1ccc(NC(=O)CSc2nc(C)cc(C)n2)c(C)c1. The summed E-state index contributed by atoms with van der Waals surface area (Å²) >= 11 is 1.33. The van der Waals surface area contributed by atoms with E-state index in [-0.39, 0.29) is 11.7 Å². The molecule has 22 heavy (non-hydrogen) atoms. The Morgan fingerprint density at radius 3 is 2.45 bits per heavy atom. The third kappa shape index (κ3) is 4.46. The number of thioether (sulfide) groups is 1. The van der Waals surface area contributed by atoms with E-state index in [1.165, 1.54) is 11.8 Å². The minimum Gasteiger partial charge on any atom is -0.497 e. The number of rotatable bonds is 5. The number of aromatic nitrogens is 2. The number of carbonyl (C=O) groups is 1. The molecule has 6 heteroatoms. The van der Waals surface area contributed by atoms with Crippen LogP contribution in [0.4, 0.5) is 5.69 Å². The second-order valence-corrected chi connectivity index (χ2v) is 5.89. The second kappa shape index (κ2) is 7.26. The quantitative estimate of drug-likeness (QED) is 0.678. The van der Waals surface area contributed by atoms with Gasteiger partial charge >= 0.3 is 0 Å². The van der Waals surface area contributed by atoms with Crippen molar-refractivity contribution < 1.29 is 9.53 Å². The van der Waals surface area contributed by atoms with E-state index in [9.17, 15) is 4.79 Å². The Labute approximate surface area is 134 Å². The van der Waals surface area contributed by atoms with E-state index >= 15 is 0 Å². The van der Waals surface area contributed by atoms with Gasteiger partial charge in [0, 0.05) is 17.1 Å². The first-order valence-electron chi connectivity index (χ1n) is 6.87. The summed E-state index contributed by atoms with van der Waals surface area (Å²) in [5, 5.41) is 3.51. The van der Waals surface area contributed by atoms with Crippen molar-refractivity contribution in [2.24, 2.45) is 0 Å². The molecule has 5 nitrogen and oxygen atoms in total. The van der Waals surface area contributed by atoms with Crippen molar-refractivity contribution in [2.75, 3.05) is 18.2 Å². The van der Waals surface area contributed by atoms with Crippen LogP contribution in [0.25, 0.3) is 0 Å². The zero-order valence-corrected chi connectivity index (χ0v) is 14.0. The van der Waals surface area contributed by atoms with Crippen molar-refractivity contribution in [3.05, 3.63) is 41.2 Å². The number of anilines is 1. The molecule has 0 aliphatic carbocycles. The molecule has 0 bridgehead atoms. The number of hydrogen-bond donors (Lipinski definition) is 1. The predicted molar refractivity (Wildman–Crippen MR) is 88.6 cm³/mol. The van der Waals surface area contributed by atoms with Gasteiger partial charge < -0.3 is 10.1 Å². The highest BCUT2D eigenvalue weighted by atomic mass is 32.2. The van der Waals surface area contributed by atoms with Gasteiger partial charge in [-0.2, -0.15) is 0 Å². The average molecular weight is 317 g/mol. The van der Waals surface area contributed by atoms with E-state index in [0.717, 1.165) is 28.4 Å². The third-order valence-electron chi connectivity index (χ3n) is 3.00. The smallest absolute Gasteiger partial charge is 0.234 e. The molecule has 1 heterocycles. The summed E-state index contributed by atoms with van der Waals surface area (Å²) in [4.78, 5) is 20.7. The lowest BCUT2D eigenvalue weighted by molar-refractivity contribution is -0.113. The van der Waals surface area contributed by atoms with Gasteiger partial charge in [-0.3, -0.25) is 4.79 Å². The maximum atomic E-state index is 12.0. The largest absolute Gasteiger partial charge is 0.497 e. The number of carbonyl (C=O) groups excluding carboxylic acids is 1. The summed E-state index contributed by atoms with van der Waals surface area (Å²) in [7, 11) is 1.62. The molecule has 0 atom stereocenters. The number of nitrogens with one attached hydrogen (secondary N) is 1. The molecule has 0 aliphatic rings. The zero-order chi connectivity index (χ0) is 16.1. The van der Waals surface area contributed by atoms with Crippen molar-refractivity contribution in [2.45, 2.75) is 25.9 Å². The molecule has 0 aliphatic heterocycles. The van der Waals surface area contributed by atoms with Gasteiger partial charge in [0.15, 0.2) is 5.16 Å². The highest BCUT2D eigenvalue weighted by Gasteiger charge is 2.08. The summed E-state index contributed by atoms with van der Waals surface area (Å²) in [6.07, 6.45) is 0. The topological polar surface area (TPSA) is 64.1 Å². The molecule has 0 fully saturated rings. The monoisotopic (exact) mass is 317 g/mol. The summed E-state index contributed by atoms with van der Waals surface area (Å²) < 4.78 is 5.15. The highest BCUT2D eigenvalue weighted by Crippen LogP contribution is 2.21. The van der Waals surface area contributed by atoms with Crippen LogP contribution in [-0.2, 0) is 4.79 Å². The van der Waals surface area contributed by atoms with Crippen LogP contribution in [0.1, 0.15) is 17.0 Å². The van der Waals surface area contributed by atoms with Crippen molar-refractivity contribution in [1.29, 1.82) is 0 Å². The van der Waals surface area contributed by atoms with E-state index in [0.29, 0.717) is 5.16 Å². The van der Waals surface area contributed by atoms with Crippen LogP contribution in [0.3, 0.4) is 0 Å². The van der Waals surface area contributed by atoms with E-state index in [1.807, 2.05) is 45.0 Å². The number of ether oxygens (including phenoxy) is 1. The van der Waals surface area contributed by atoms with Gasteiger partial charge in [-0.05, 0) is 50.6 Å². The van der Waals surface area contributed by atoms with Crippen LogP contribution >= 0.6 is 11.8 Å². The van der Waals surface area contributed by atoms with Gasteiger partial charge in [0.1, 0.15) is 5.75 Å². The fourth-order valence-electron chi connectivity index (χ4n) is 1.98. The Hall–Kier alpha value is -2.08. The molecule has 2 rings (SSSR count). The predicted octanol–water partition coefficient (Wildman–Crippen LogP) is 3.14. The Morgan fingerprint density at radius 2 is 1.86 bits per heavy atom. The van der Waals surface area contributed by atoms with Crippen LogP contribution in [0.15, 0.2) is 29.4 Å². The van der Waals surface area contributed by atoms with E-state index in [4.69, 9.17) is 4.74 Å². The first-order valence-corrected chi connectivity index (χ1v) is 7.86. The van der Waals surface area contributed by atoms with Crippen LogP contribution in [0.5, 0.6) is 5.75 Å². The second-order valence-electron chi connectivity index (χ2n) is 4.95. The summed E-state index contributed by atoms with van der Waals surface area (Å²) in [5.41, 5.74) is 3.55. The first kappa shape index (κ1) is 16.3. The molecule has 0 saturated heterocycles. The van der Waals surface area contributed by atoms with Crippen molar-refractivity contribution >= 4 is 23.4 Å². The number of nitrogens with zero attached hydrogens (tertiary/aromatic N) is 2. The standard InChI is InChI=1S/C16H19N3O2S/c1-10-7-13(21-4)5-6-14(10)19-15(20)9-22-16-17-11(2)8-12(3)18-16/h5-8H,9H2,1-4H3,(H,19,20). The van der Waals surface area contributed by atoms with Crippen molar-refractivity contribution in [1.82, 2.24) is 9.97 Å². The van der Waals surface area contributed by atoms with Gasteiger partial charge in [0.2, 0.25) is 5.91 Å². The maximum Gasteiger partial charge on any atom is 0.234 e. The molecule has 0 unspecified atom stereocenters. The van der Waals surface area contributed by atoms with Crippen molar-refractivity contribution in [3.8, 4) is 5.75 Å². The lowest BCUT2D eigenvalue weighted by atomic mass is 10.2. The Kier molecular flexibility index (Phi) is 5.38. The number of methoxy groups -OCH3 is 1. The van der Waals surface area contributed by atoms with Gasteiger partial charge in [0.25, 0.3) is 0 Å². The zero-order valence-electron chi connectivity index (χ0n) is 13.1. The molecule has 0 radical (unpaired) electrons. The summed E-state index contributed by atoms with van der Waals surface area (Å²) in [5.74, 6) is 0.962. The molecule has 1 aromatic carbocycles. The van der Waals surface area contributed by atoms with Gasteiger partial charge in [0.05, 0.1) is 12.9 Å². The number of benzene rings is 1. The summed E-state index contributed by atoms with van der Waals surface area (Å²) in [6, 6.07) is 7.45. The number of amides is 1. The van der Waals surface area contributed by atoms with E-state index < -0.39 is 0 Å².